The molecule has 8 nitrogen and oxygen atoms in total. The molecule has 2 aliphatic rings. The lowest BCUT2D eigenvalue weighted by atomic mass is 10.1. The van der Waals surface area contributed by atoms with Gasteiger partial charge in [-0.3, -0.25) is 4.79 Å². The summed E-state index contributed by atoms with van der Waals surface area (Å²) >= 11 is 0. The molecule has 0 spiro atoms. The Labute approximate surface area is 198 Å². The van der Waals surface area contributed by atoms with Gasteiger partial charge in [0, 0.05) is 37.8 Å². The zero-order chi connectivity index (χ0) is 23.5. The van der Waals surface area contributed by atoms with Crippen LogP contribution in [0.15, 0.2) is 77.7 Å². The molecule has 34 heavy (non-hydrogen) atoms. The van der Waals surface area contributed by atoms with E-state index in [0.717, 1.165) is 0 Å². The Morgan fingerprint density at radius 2 is 1.47 bits per heavy atom. The molecule has 0 aromatic heterocycles. The number of carbonyl (C=O) groups is 1. The lowest BCUT2D eigenvalue weighted by Gasteiger charge is -2.34. The van der Waals surface area contributed by atoms with Gasteiger partial charge in [0.25, 0.3) is 5.91 Å². The summed E-state index contributed by atoms with van der Waals surface area (Å²) in [4.78, 5) is 14.9. The fourth-order valence-corrected chi connectivity index (χ4v) is 5.40. The largest absolute Gasteiger partial charge is 0.486 e. The van der Waals surface area contributed by atoms with E-state index in [4.69, 9.17) is 14.2 Å². The molecule has 0 unspecified atom stereocenters. The van der Waals surface area contributed by atoms with Crippen LogP contribution in [0.1, 0.15) is 10.4 Å². The zero-order valence-electron chi connectivity index (χ0n) is 18.4. The molecule has 1 saturated heterocycles. The summed E-state index contributed by atoms with van der Waals surface area (Å²) < 4.78 is 44.5. The molecule has 1 amide bonds. The third kappa shape index (κ3) is 4.57. The van der Waals surface area contributed by atoms with Crippen molar-refractivity contribution in [1.29, 1.82) is 0 Å². The van der Waals surface area contributed by atoms with Gasteiger partial charge in [0.1, 0.15) is 24.7 Å². The fraction of sp³-hybridized carbons (Fsp3) is 0.240. The van der Waals surface area contributed by atoms with Gasteiger partial charge in [-0.2, -0.15) is 4.31 Å². The van der Waals surface area contributed by atoms with Crippen molar-refractivity contribution in [1.82, 2.24) is 9.21 Å². The molecular weight excluding hydrogens is 456 g/mol. The molecule has 0 saturated carbocycles. The Morgan fingerprint density at radius 3 is 2.24 bits per heavy atom. The highest BCUT2D eigenvalue weighted by molar-refractivity contribution is 7.89. The summed E-state index contributed by atoms with van der Waals surface area (Å²) in [5.74, 6) is 2.06. The number of benzene rings is 3. The first-order valence-corrected chi connectivity index (χ1v) is 12.5. The monoisotopic (exact) mass is 480 g/mol. The standard InChI is InChI=1S/C25H24N2O6S/c28-25(19-5-4-8-21(17-19)33-20-6-2-1-3-7-20)26-11-13-27(14-12-26)34(29,30)22-9-10-23-24(18-22)32-16-15-31-23/h1-10,17-18H,11-16H2. The second-order valence-corrected chi connectivity index (χ2v) is 9.88. The molecule has 176 valence electrons. The summed E-state index contributed by atoms with van der Waals surface area (Å²) in [6, 6.07) is 21.0. The topological polar surface area (TPSA) is 85.4 Å². The Morgan fingerprint density at radius 1 is 0.765 bits per heavy atom. The van der Waals surface area contributed by atoms with Gasteiger partial charge in [0.05, 0.1) is 4.90 Å². The van der Waals surface area contributed by atoms with Crippen LogP contribution in [0.5, 0.6) is 23.0 Å². The minimum atomic E-state index is -3.71. The molecule has 3 aromatic rings. The number of ether oxygens (including phenoxy) is 3. The summed E-state index contributed by atoms with van der Waals surface area (Å²) in [6.07, 6.45) is 0. The van der Waals surface area contributed by atoms with Crippen LogP contribution in [0.3, 0.4) is 0 Å². The Balaban J connectivity index is 1.24. The highest BCUT2D eigenvalue weighted by Crippen LogP contribution is 2.33. The van der Waals surface area contributed by atoms with Crippen LogP contribution in [-0.4, -0.2) is 62.9 Å². The van der Waals surface area contributed by atoms with Gasteiger partial charge in [-0.05, 0) is 42.5 Å². The predicted octanol–water partition coefficient (Wildman–Crippen LogP) is 3.40. The van der Waals surface area contributed by atoms with Gasteiger partial charge in [0.2, 0.25) is 10.0 Å². The summed E-state index contributed by atoms with van der Waals surface area (Å²) in [7, 11) is -3.71. The normalized spacial score (nSPS) is 16.2. The molecule has 2 aliphatic heterocycles. The van der Waals surface area contributed by atoms with Crippen molar-refractivity contribution in [2.45, 2.75) is 4.90 Å². The second-order valence-electron chi connectivity index (χ2n) is 7.94. The highest BCUT2D eigenvalue weighted by atomic mass is 32.2. The smallest absolute Gasteiger partial charge is 0.254 e. The summed E-state index contributed by atoms with van der Waals surface area (Å²) in [5.41, 5.74) is 0.497. The maximum Gasteiger partial charge on any atom is 0.254 e. The fourth-order valence-electron chi connectivity index (χ4n) is 3.96. The van der Waals surface area contributed by atoms with Crippen LogP contribution in [0.2, 0.25) is 0 Å². The van der Waals surface area contributed by atoms with E-state index >= 15 is 0 Å². The van der Waals surface area contributed by atoms with E-state index in [0.29, 0.717) is 54.9 Å². The van der Waals surface area contributed by atoms with Gasteiger partial charge < -0.3 is 19.1 Å². The van der Waals surface area contributed by atoms with Crippen LogP contribution >= 0.6 is 0 Å². The molecule has 2 heterocycles. The third-order valence-corrected chi connectivity index (χ3v) is 7.63. The number of amides is 1. The van der Waals surface area contributed by atoms with Crippen LogP contribution in [0.25, 0.3) is 0 Å². The quantitative estimate of drug-likeness (QED) is 0.557. The van der Waals surface area contributed by atoms with Crippen LogP contribution in [0.4, 0.5) is 0 Å². The highest BCUT2D eigenvalue weighted by Gasteiger charge is 2.31. The predicted molar refractivity (Wildman–Crippen MR) is 125 cm³/mol. The van der Waals surface area contributed by atoms with Crippen molar-refractivity contribution in [3.8, 4) is 23.0 Å². The third-order valence-electron chi connectivity index (χ3n) is 5.74. The molecule has 0 aliphatic carbocycles. The number of rotatable bonds is 5. The van der Waals surface area contributed by atoms with E-state index in [1.807, 2.05) is 30.3 Å². The molecule has 0 N–H and O–H groups in total. The van der Waals surface area contributed by atoms with Gasteiger partial charge in [0.15, 0.2) is 11.5 Å². The first kappa shape index (κ1) is 22.2. The number of piperazine rings is 1. The van der Waals surface area contributed by atoms with Crippen molar-refractivity contribution in [2.24, 2.45) is 0 Å². The number of para-hydroxylation sites is 1. The summed E-state index contributed by atoms with van der Waals surface area (Å²) in [6.45, 7) is 1.84. The lowest BCUT2D eigenvalue weighted by molar-refractivity contribution is 0.0697. The first-order chi connectivity index (χ1) is 16.5. The number of nitrogens with zero attached hydrogens (tertiary/aromatic N) is 2. The molecule has 5 rings (SSSR count). The van der Waals surface area contributed by atoms with Gasteiger partial charge in [-0.25, -0.2) is 8.42 Å². The number of hydrogen-bond acceptors (Lipinski definition) is 6. The molecule has 3 aromatic carbocycles. The van der Waals surface area contributed by atoms with Crippen molar-refractivity contribution in [3.63, 3.8) is 0 Å². The van der Waals surface area contributed by atoms with Crippen molar-refractivity contribution in [2.75, 3.05) is 39.4 Å². The lowest BCUT2D eigenvalue weighted by Crippen LogP contribution is -2.50. The number of sulfonamides is 1. The molecular formula is C25H24N2O6S. The van der Waals surface area contributed by atoms with Crippen LogP contribution in [-0.2, 0) is 10.0 Å². The molecule has 0 bridgehead atoms. The average Bonchev–Trinajstić information content (AvgIpc) is 2.89. The van der Waals surface area contributed by atoms with Crippen molar-refractivity contribution < 1.29 is 27.4 Å². The average molecular weight is 481 g/mol. The van der Waals surface area contributed by atoms with Gasteiger partial charge in [-0.1, -0.05) is 24.3 Å². The van der Waals surface area contributed by atoms with E-state index in [1.165, 1.54) is 16.4 Å². The number of fused-ring (bicyclic) bond motifs is 1. The van der Waals surface area contributed by atoms with Crippen LogP contribution in [0, 0.1) is 0 Å². The Kier molecular flexibility index (Phi) is 6.12. The van der Waals surface area contributed by atoms with E-state index in [2.05, 4.69) is 0 Å². The Hall–Kier alpha value is -3.56. The van der Waals surface area contributed by atoms with Gasteiger partial charge >= 0.3 is 0 Å². The molecule has 1 fully saturated rings. The van der Waals surface area contributed by atoms with E-state index in [-0.39, 0.29) is 23.9 Å². The number of carbonyl (C=O) groups excluding carboxylic acids is 1. The SMILES string of the molecule is O=C(c1cccc(Oc2ccccc2)c1)N1CCN(S(=O)(=O)c2ccc3c(c2)OCCO3)CC1. The zero-order valence-corrected chi connectivity index (χ0v) is 19.2. The van der Waals surface area contributed by atoms with E-state index in [9.17, 15) is 13.2 Å². The van der Waals surface area contributed by atoms with Crippen molar-refractivity contribution in [3.05, 3.63) is 78.4 Å². The van der Waals surface area contributed by atoms with E-state index < -0.39 is 10.0 Å². The maximum atomic E-state index is 13.1. The molecule has 0 atom stereocenters. The minimum Gasteiger partial charge on any atom is -0.486 e. The minimum absolute atomic E-state index is 0.155. The van der Waals surface area contributed by atoms with E-state index in [1.54, 1.807) is 35.2 Å². The molecule has 9 heteroatoms. The maximum absolute atomic E-state index is 13.1. The molecule has 0 radical (unpaired) electrons. The van der Waals surface area contributed by atoms with Crippen molar-refractivity contribution >= 4 is 15.9 Å². The number of hydrogen-bond donors (Lipinski definition) is 0. The second kappa shape index (κ2) is 9.36. The Bertz CT molecular complexity index is 1290. The first-order valence-electron chi connectivity index (χ1n) is 11.0. The van der Waals surface area contributed by atoms with Crippen LogP contribution < -0.4 is 14.2 Å². The summed E-state index contributed by atoms with van der Waals surface area (Å²) in [5, 5.41) is 0. The van der Waals surface area contributed by atoms with Gasteiger partial charge in [-0.15, -0.1) is 0 Å².